The Balaban J connectivity index is 1.48. The van der Waals surface area contributed by atoms with Crippen molar-refractivity contribution >= 4 is 29.2 Å². The minimum absolute atomic E-state index is 0.0996. The average Bonchev–Trinajstić information content (AvgIpc) is 3.43. The Morgan fingerprint density at radius 1 is 1.17 bits per heavy atom. The van der Waals surface area contributed by atoms with E-state index in [0.29, 0.717) is 18.9 Å². The second-order valence-electron chi connectivity index (χ2n) is 7.18. The first-order valence-corrected chi connectivity index (χ1v) is 9.74. The van der Waals surface area contributed by atoms with E-state index in [0.717, 1.165) is 34.0 Å². The van der Waals surface area contributed by atoms with Gasteiger partial charge in [-0.25, -0.2) is 9.97 Å². The molecule has 0 fully saturated rings. The van der Waals surface area contributed by atoms with Crippen LogP contribution >= 0.6 is 0 Å². The molecule has 0 aliphatic carbocycles. The summed E-state index contributed by atoms with van der Waals surface area (Å²) in [5.74, 6) is 1.48. The molecule has 0 bridgehead atoms. The molecule has 1 aromatic carbocycles. The number of likely N-dealkylation sites (N-methyl/N-ethyl adjacent to an activating group) is 1. The van der Waals surface area contributed by atoms with Gasteiger partial charge in [0.15, 0.2) is 5.65 Å². The van der Waals surface area contributed by atoms with E-state index in [-0.39, 0.29) is 6.61 Å². The number of benzene rings is 1. The first kappa shape index (κ1) is 18.3. The number of hydrogen-bond donors (Lipinski definition) is 2. The van der Waals surface area contributed by atoms with E-state index in [9.17, 15) is 0 Å². The molecule has 0 saturated heterocycles. The molecule has 8 nitrogen and oxygen atoms in total. The first-order chi connectivity index (χ1) is 14.7. The number of aliphatic hydroxyl groups excluding tert-OH is 1. The van der Waals surface area contributed by atoms with Gasteiger partial charge >= 0.3 is 0 Å². The van der Waals surface area contributed by atoms with Crippen molar-refractivity contribution in [3.8, 4) is 11.3 Å². The number of aromatic nitrogens is 4. The van der Waals surface area contributed by atoms with Crippen molar-refractivity contribution < 1.29 is 5.11 Å². The predicted octanol–water partition coefficient (Wildman–Crippen LogP) is 2.90. The Bertz CT molecular complexity index is 1230. The zero-order valence-electron chi connectivity index (χ0n) is 16.5. The van der Waals surface area contributed by atoms with Crippen LogP contribution in [0.3, 0.4) is 0 Å². The van der Waals surface area contributed by atoms with Crippen molar-refractivity contribution in [1.29, 1.82) is 0 Å². The van der Waals surface area contributed by atoms with Gasteiger partial charge < -0.3 is 15.3 Å². The lowest BCUT2D eigenvalue weighted by molar-refractivity contribution is 0.304. The van der Waals surface area contributed by atoms with E-state index in [4.69, 9.17) is 10.1 Å². The van der Waals surface area contributed by atoms with Crippen LogP contribution in [0.25, 0.3) is 16.9 Å². The third kappa shape index (κ3) is 3.37. The van der Waals surface area contributed by atoms with Crippen LogP contribution in [0, 0.1) is 0 Å². The summed E-state index contributed by atoms with van der Waals surface area (Å²) in [4.78, 5) is 15.5. The molecule has 3 aromatic heterocycles. The summed E-state index contributed by atoms with van der Waals surface area (Å²) in [5, 5.41) is 16.8. The van der Waals surface area contributed by atoms with Crippen molar-refractivity contribution in [3.05, 3.63) is 66.0 Å². The third-order valence-corrected chi connectivity index (χ3v) is 5.17. The SMILES string of the molecule is CN(CCO)c1ccc(Nc2cc(-c3ccc4c(c3)CN=C4)nc3ccnn23)nc1. The van der Waals surface area contributed by atoms with Gasteiger partial charge in [-0.3, -0.25) is 4.99 Å². The molecule has 0 atom stereocenters. The fraction of sp³-hybridized carbons (Fsp3) is 0.182. The van der Waals surface area contributed by atoms with E-state index < -0.39 is 0 Å². The topological polar surface area (TPSA) is 90.9 Å². The Kier molecular flexibility index (Phi) is 4.61. The number of pyridine rings is 1. The van der Waals surface area contributed by atoms with Gasteiger partial charge in [0.1, 0.15) is 11.6 Å². The number of hydrogen-bond acceptors (Lipinski definition) is 7. The summed E-state index contributed by atoms with van der Waals surface area (Å²) in [6.45, 7) is 1.37. The third-order valence-electron chi connectivity index (χ3n) is 5.17. The lowest BCUT2D eigenvalue weighted by atomic mass is 10.0. The molecule has 8 heteroatoms. The monoisotopic (exact) mass is 399 g/mol. The van der Waals surface area contributed by atoms with Gasteiger partial charge in [-0.15, -0.1) is 0 Å². The number of anilines is 3. The Morgan fingerprint density at radius 2 is 2.10 bits per heavy atom. The summed E-state index contributed by atoms with van der Waals surface area (Å²) >= 11 is 0. The molecule has 2 N–H and O–H groups in total. The number of nitrogens with zero attached hydrogens (tertiary/aromatic N) is 6. The van der Waals surface area contributed by atoms with E-state index in [1.165, 1.54) is 5.56 Å². The second-order valence-corrected chi connectivity index (χ2v) is 7.18. The zero-order valence-corrected chi connectivity index (χ0v) is 16.5. The molecule has 4 heterocycles. The van der Waals surface area contributed by atoms with E-state index in [1.807, 2.05) is 42.4 Å². The highest BCUT2D eigenvalue weighted by Gasteiger charge is 2.12. The fourth-order valence-electron chi connectivity index (χ4n) is 3.52. The summed E-state index contributed by atoms with van der Waals surface area (Å²) in [5.41, 5.74) is 5.97. The maximum atomic E-state index is 9.10. The maximum absolute atomic E-state index is 9.10. The molecule has 150 valence electrons. The molecule has 0 saturated carbocycles. The molecule has 1 aliphatic heterocycles. The van der Waals surface area contributed by atoms with Crippen LogP contribution in [-0.4, -0.2) is 51.1 Å². The highest BCUT2D eigenvalue weighted by atomic mass is 16.3. The summed E-state index contributed by atoms with van der Waals surface area (Å²) < 4.78 is 1.76. The minimum Gasteiger partial charge on any atom is -0.395 e. The molecule has 30 heavy (non-hydrogen) atoms. The van der Waals surface area contributed by atoms with E-state index in [1.54, 1.807) is 16.9 Å². The van der Waals surface area contributed by atoms with Crippen molar-refractivity contribution in [3.63, 3.8) is 0 Å². The van der Waals surface area contributed by atoms with Gasteiger partial charge in [0, 0.05) is 37.5 Å². The van der Waals surface area contributed by atoms with Crippen LogP contribution in [0.4, 0.5) is 17.3 Å². The lowest BCUT2D eigenvalue weighted by Crippen LogP contribution is -2.21. The molecule has 4 aromatic rings. The highest BCUT2D eigenvalue weighted by Crippen LogP contribution is 2.27. The molecule has 0 unspecified atom stereocenters. The van der Waals surface area contributed by atoms with Crippen LogP contribution in [-0.2, 0) is 6.54 Å². The van der Waals surface area contributed by atoms with Crippen LogP contribution in [0.15, 0.2) is 59.9 Å². The molecule has 0 spiro atoms. The number of nitrogens with one attached hydrogen (secondary N) is 1. The minimum atomic E-state index is 0.0996. The van der Waals surface area contributed by atoms with Crippen LogP contribution in [0.2, 0.25) is 0 Å². The van der Waals surface area contributed by atoms with Gasteiger partial charge in [0.05, 0.1) is 36.9 Å². The molecular weight excluding hydrogens is 378 g/mol. The quantitative estimate of drug-likeness (QED) is 0.518. The standard InChI is InChI=1S/C22H21N7O/c1-28(8-9-30)18-4-5-20(24-14-18)27-22-11-19(26-21-6-7-25-29(21)22)15-2-3-16-12-23-13-17(16)10-15/h2-7,10-12,14,30H,8-9,13H2,1H3,(H,24,27). The van der Waals surface area contributed by atoms with Gasteiger partial charge in [-0.05, 0) is 29.3 Å². The fourth-order valence-corrected chi connectivity index (χ4v) is 3.52. The number of aliphatic imine (C=N–C) groups is 1. The van der Waals surface area contributed by atoms with E-state index >= 15 is 0 Å². The van der Waals surface area contributed by atoms with Gasteiger partial charge in [-0.2, -0.15) is 9.61 Å². The average molecular weight is 399 g/mol. The first-order valence-electron chi connectivity index (χ1n) is 9.74. The Morgan fingerprint density at radius 3 is 2.93 bits per heavy atom. The lowest BCUT2D eigenvalue weighted by Gasteiger charge is -2.17. The predicted molar refractivity (Wildman–Crippen MR) is 118 cm³/mol. The van der Waals surface area contributed by atoms with E-state index in [2.05, 4.69) is 38.6 Å². The maximum Gasteiger partial charge on any atom is 0.157 e. The van der Waals surface area contributed by atoms with Crippen LogP contribution in [0.1, 0.15) is 11.1 Å². The van der Waals surface area contributed by atoms with Gasteiger partial charge in [-0.1, -0.05) is 12.1 Å². The van der Waals surface area contributed by atoms with Crippen molar-refractivity contribution in [2.24, 2.45) is 4.99 Å². The molecule has 5 rings (SSSR count). The normalized spacial score (nSPS) is 12.3. The van der Waals surface area contributed by atoms with Crippen molar-refractivity contribution in [2.45, 2.75) is 6.54 Å². The Labute approximate surface area is 173 Å². The van der Waals surface area contributed by atoms with Gasteiger partial charge in [0.25, 0.3) is 0 Å². The molecular formula is C22H21N7O. The second kappa shape index (κ2) is 7.57. The van der Waals surface area contributed by atoms with Crippen molar-refractivity contribution in [1.82, 2.24) is 19.6 Å². The molecule has 0 radical (unpaired) electrons. The summed E-state index contributed by atoms with van der Waals surface area (Å²) in [7, 11) is 1.92. The summed E-state index contributed by atoms with van der Waals surface area (Å²) in [6, 6.07) is 14.0. The smallest absolute Gasteiger partial charge is 0.157 e. The number of rotatable bonds is 6. The number of aliphatic hydroxyl groups is 1. The Hall–Kier alpha value is -3.78. The van der Waals surface area contributed by atoms with Crippen molar-refractivity contribution in [2.75, 3.05) is 30.4 Å². The van der Waals surface area contributed by atoms with Gasteiger partial charge in [0.2, 0.25) is 0 Å². The highest BCUT2D eigenvalue weighted by molar-refractivity contribution is 5.86. The molecule has 1 aliphatic rings. The zero-order chi connectivity index (χ0) is 20.5. The number of fused-ring (bicyclic) bond motifs is 2. The largest absolute Gasteiger partial charge is 0.395 e. The van der Waals surface area contributed by atoms with Crippen LogP contribution < -0.4 is 10.2 Å². The molecule has 0 amide bonds. The van der Waals surface area contributed by atoms with Crippen LogP contribution in [0.5, 0.6) is 0 Å². The summed E-state index contributed by atoms with van der Waals surface area (Å²) in [6.07, 6.45) is 5.42.